The molecule has 1 aliphatic heterocycles. The van der Waals surface area contributed by atoms with E-state index in [2.05, 4.69) is 5.32 Å². The van der Waals surface area contributed by atoms with Gasteiger partial charge in [-0.1, -0.05) is 30.3 Å². The molecule has 2 heterocycles. The average molecular weight is 388 g/mol. The third kappa shape index (κ3) is 4.57. The van der Waals surface area contributed by atoms with Crippen LogP contribution in [-0.4, -0.2) is 29.8 Å². The van der Waals surface area contributed by atoms with Crippen LogP contribution >= 0.6 is 0 Å². The van der Waals surface area contributed by atoms with Gasteiger partial charge in [-0.2, -0.15) is 0 Å². The zero-order chi connectivity index (χ0) is 20.1. The minimum absolute atomic E-state index is 0.0719. The minimum Gasteiger partial charge on any atom is -0.467 e. The molecule has 1 saturated heterocycles. The molecule has 1 unspecified atom stereocenters. The second kappa shape index (κ2) is 8.78. The third-order valence-corrected chi connectivity index (χ3v) is 5.35. The van der Waals surface area contributed by atoms with Crippen molar-refractivity contribution in [2.45, 2.75) is 25.3 Å². The van der Waals surface area contributed by atoms with E-state index in [0.29, 0.717) is 18.7 Å². The summed E-state index contributed by atoms with van der Waals surface area (Å²) in [6.07, 6.45) is 3.56. The van der Waals surface area contributed by atoms with Crippen molar-refractivity contribution >= 4 is 11.8 Å². The van der Waals surface area contributed by atoms with Gasteiger partial charge in [-0.25, -0.2) is 0 Å². The lowest BCUT2D eigenvalue weighted by Gasteiger charge is -2.33. The van der Waals surface area contributed by atoms with Crippen molar-refractivity contribution < 1.29 is 14.0 Å². The molecule has 1 N–H and O–H groups in total. The highest BCUT2D eigenvalue weighted by atomic mass is 16.3. The van der Waals surface area contributed by atoms with Crippen molar-refractivity contribution in [1.82, 2.24) is 10.2 Å². The summed E-state index contributed by atoms with van der Waals surface area (Å²) in [4.78, 5) is 27.2. The Balaban J connectivity index is 1.43. The van der Waals surface area contributed by atoms with Gasteiger partial charge in [0.25, 0.3) is 11.8 Å². The van der Waals surface area contributed by atoms with Crippen LogP contribution in [0.15, 0.2) is 77.4 Å². The van der Waals surface area contributed by atoms with Crippen LogP contribution in [-0.2, 0) is 6.54 Å². The molecule has 5 heteroatoms. The Bertz CT molecular complexity index is 967. The molecule has 0 aliphatic carbocycles. The molecular weight excluding hydrogens is 364 g/mol. The number of hydrogen-bond donors (Lipinski definition) is 1. The first-order valence-corrected chi connectivity index (χ1v) is 9.95. The number of nitrogens with one attached hydrogen (secondary N) is 1. The van der Waals surface area contributed by atoms with Crippen molar-refractivity contribution in [2.24, 2.45) is 0 Å². The molecule has 2 aromatic carbocycles. The van der Waals surface area contributed by atoms with Crippen LogP contribution in [0.25, 0.3) is 0 Å². The molecule has 2 amide bonds. The summed E-state index contributed by atoms with van der Waals surface area (Å²) in [5, 5.41) is 2.88. The quantitative estimate of drug-likeness (QED) is 0.711. The van der Waals surface area contributed by atoms with Gasteiger partial charge in [0.15, 0.2) is 0 Å². The first kappa shape index (κ1) is 19.0. The molecule has 0 saturated carbocycles. The van der Waals surface area contributed by atoms with E-state index in [4.69, 9.17) is 4.42 Å². The number of likely N-dealkylation sites (tertiary alicyclic amines) is 1. The lowest BCUT2D eigenvalue weighted by atomic mass is 9.89. The van der Waals surface area contributed by atoms with Gasteiger partial charge in [0.2, 0.25) is 0 Å². The van der Waals surface area contributed by atoms with Crippen molar-refractivity contribution in [1.29, 1.82) is 0 Å². The maximum absolute atomic E-state index is 12.8. The van der Waals surface area contributed by atoms with Crippen LogP contribution < -0.4 is 5.32 Å². The predicted octanol–water partition coefficient (Wildman–Crippen LogP) is 4.23. The zero-order valence-corrected chi connectivity index (χ0v) is 16.2. The molecule has 1 atom stereocenters. The number of hydrogen-bond acceptors (Lipinski definition) is 3. The monoisotopic (exact) mass is 388 g/mol. The molecule has 4 rings (SSSR count). The number of nitrogens with zero attached hydrogens (tertiary/aromatic N) is 1. The fourth-order valence-electron chi connectivity index (χ4n) is 3.81. The van der Waals surface area contributed by atoms with E-state index in [0.717, 1.165) is 36.3 Å². The number of furan rings is 1. The molecule has 1 aromatic heterocycles. The Morgan fingerprint density at radius 3 is 2.62 bits per heavy atom. The summed E-state index contributed by atoms with van der Waals surface area (Å²) in [5.74, 6) is 0.894. The molecule has 3 aromatic rings. The SMILES string of the molecule is O=C(NCc1ccco1)c1cccc(C2CCCN(C(=O)c3ccccc3)C2)c1. The maximum atomic E-state index is 12.8. The van der Waals surface area contributed by atoms with Gasteiger partial charge in [-0.05, 0) is 54.8 Å². The standard InChI is InChI=1S/C24H24N2O3/c27-23(25-16-22-12-6-14-29-22)20-10-4-9-19(15-20)21-11-5-13-26(17-21)24(28)18-7-2-1-3-8-18/h1-4,6-10,12,14-15,21H,5,11,13,16-17H2,(H,25,27). The van der Waals surface area contributed by atoms with Gasteiger partial charge in [0.1, 0.15) is 5.76 Å². The van der Waals surface area contributed by atoms with E-state index in [-0.39, 0.29) is 17.7 Å². The predicted molar refractivity (Wildman–Crippen MR) is 111 cm³/mol. The van der Waals surface area contributed by atoms with Crippen LogP contribution in [0.3, 0.4) is 0 Å². The molecular formula is C24H24N2O3. The summed E-state index contributed by atoms with van der Waals surface area (Å²) in [6.45, 7) is 1.80. The topological polar surface area (TPSA) is 62.6 Å². The smallest absolute Gasteiger partial charge is 0.253 e. The summed E-state index contributed by atoms with van der Waals surface area (Å²) in [7, 11) is 0. The van der Waals surface area contributed by atoms with E-state index in [1.54, 1.807) is 12.3 Å². The van der Waals surface area contributed by atoms with Gasteiger partial charge < -0.3 is 14.6 Å². The number of carbonyl (C=O) groups excluding carboxylic acids is 2. The molecule has 5 nitrogen and oxygen atoms in total. The van der Waals surface area contributed by atoms with E-state index in [1.165, 1.54) is 0 Å². The first-order valence-electron chi connectivity index (χ1n) is 9.95. The number of piperidine rings is 1. The Hall–Kier alpha value is -3.34. The van der Waals surface area contributed by atoms with Crippen LogP contribution in [0.1, 0.15) is 50.8 Å². The summed E-state index contributed by atoms with van der Waals surface area (Å²) in [6, 6.07) is 20.8. The van der Waals surface area contributed by atoms with Crippen molar-refractivity contribution in [3.8, 4) is 0 Å². The minimum atomic E-state index is -0.128. The zero-order valence-electron chi connectivity index (χ0n) is 16.2. The Labute approximate surface area is 170 Å². The van der Waals surface area contributed by atoms with Gasteiger partial charge >= 0.3 is 0 Å². The van der Waals surface area contributed by atoms with Crippen LogP contribution in [0.2, 0.25) is 0 Å². The van der Waals surface area contributed by atoms with Gasteiger partial charge in [0.05, 0.1) is 12.8 Å². The molecule has 1 fully saturated rings. The van der Waals surface area contributed by atoms with Crippen molar-refractivity contribution in [2.75, 3.05) is 13.1 Å². The van der Waals surface area contributed by atoms with Gasteiger partial charge in [-0.15, -0.1) is 0 Å². The second-order valence-electron chi connectivity index (χ2n) is 7.34. The number of carbonyl (C=O) groups is 2. The van der Waals surface area contributed by atoms with E-state index < -0.39 is 0 Å². The lowest BCUT2D eigenvalue weighted by Crippen LogP contribution is -2.39. The Morgan fingerprint density at radius 1 is 1.00 bits per heavy atom. The lowest BCUT2D eigenvalue weighted by molar-refractivity contribution is 0.0706. The summed E-state index contributed by atoms with van der Waals surface area (Å²) >= 11 is 0. The largest absolute Gasteiger partial charge is 0.467 e. The van der Waals surface area contributed by atoms with Gasteiger partial charge in [0, 0.05) is 30.1 Å². The van der Waals surface area contributed by atoms with E-state index in [1.807, 2.05) is 65.6 Å². The first-order chi connectivity index (χ1) is 14.2. The Kier molecular flexibility index (Phi) is 5.75. The summed E-state index contributed by atoms with van der Waals surface area (Å²) in [5.41, 5.74) is 2.45. The Morgan fingerprint density at radius 2 is 1.83 bits per heavy atom. The van der Waals surface area contributed by atoms with Crippen molar-refractivity contribution in [3.05, 3.63) is 95.4 Å². The van der Waals surface area contributed by atoms with E-state index in [9.17, 15) is 9.59 Å². The summed E-state index contributed by atoms with van der Waals surface area (Å²) < 4.78 is 5.26. The molecule has 148 valence electrons. The molecule has 0 spiro atoms. The van der Waals surface area contributed by atoms with Crippen LogP contribution in [0.5, 0.6) is 0 Å². The average Bonchev–Trinajstić information content (AvgIpc) is 3.31. The maximum Gasteiger partial charge on any atom is 0.253 e. The highest BCUT2D eigenvalue weighted by Crippen LogP contribution is 2.28. The van der Waals surface area contributed by atoms with Crippen molar-refractivity contribution in [3.63, 3.8) is 0 Å². The fourth-order valence-corrected chi connectivity index (χ4v) is 3.81. The third-order valence-electron chi connectivity index (χ3n) is 5.35. The highest BCUT2D eigenvalue weighted by Gasteiger charge is 2.25. The van der Waals surface area contributed by atoms with Crippen LogP contribution in [0.4, 0.5) is 0 Å². The fraction of sp³-hybridized carbons (Fsp3) is 0.250. The second-order valence-corrected chi connectivity index (χ2v) is 7.34. The van der Waals surface area contributed by atoms with Gasteiger partial charge in [-0.3, -0.25) is 9.59 Å². The molecule has 29 heavy (non-hydrogen) atoms. The highest BCUT2D eigenvalue weighted by molar-refractivity contribution is 5.95. The number of amides is 2. The molecule has 0 radical (unpaired) electrons. The van der Waals surface area contributed by atoms with E-state index >= 15 is 0 Å². The van der Waals surface area contributed by atoms with Crippen LogP contribution in [0, 0.1) is 0 Å². The molecule has 0 bridgehead atoms. The number of benzene rings is 2. The number of rotatable bonds is 5. The molecule has 1 aliphatic rings. The normalized spacial score (nSPS) is 16.4.